The van der Waals surface area contributed by atoms with Gasteiger partial charge in [0, 0.05) is 6.07 Å². The first-order chi connectivity index (χ1) is 8.43. The van der Waals surface area contributed by atoms with Crippen LogP contribution in [-0.2, 0) is 9.59 Å². The molecule has 0 radical (unpaired) electrons. The topological polar surface area (TPSA) is 93.1 Å². The average Bonchev–Trinajstić information content (AvgIpc) is 2.30. The molecule has 0 heterocycles. The molecule has 0 saturated carbocycles. The zero-order valence-electron chi connectivity index (χ0n) is 9.21. The minimum atomic E-state index is -1.48. The van der Waals surface area contributed by atoms with E-state index in [0.29, 0.717) is 16.3 Å². The van der Waals surface area contributed by atoms with Crippen molar-refractivity contribution < 1.29 is 29.3 Å². The number of carbonyl (C=O) groups is 2. The molecule has 0 amide bonds. The van der Waals surface area contributed by atoms with Crippen molar-refractivity contribution in [2.24, 2.45) is 0 Å². The van der Waals surface area contributed by atoms with Crippen molar-refractivity contribution in [3.8, 4) is 11.5 Å². The molecule has 0 atom stereocenters. The predicted octanol–water partition coefficient (Wildman–Crippen LogP) is 1.89. The SMILES string of the molecule is COc1ccc(Br)c(O/C(=C/C(=O)O)C(=O)O)c1. The summed E-state index contributed by atoms with van der Waals surface area (Å²) >= 11 is 3.16. The summed E-state index contributed by atoms with van der Waals surface area (Å²) < 4.78 is 10.4. The lowest BCUT2D eigenvalue weighted by Crippen LogP contribution is -2.10. The number of methoxy groups -OCH3 is 1. The van der Waals surface area contributed by atoms with E-state index in [9.17, 15) is 9.59 Å². The monoisotopic (exact) mass is 316 g/mol. The first kappa shape index (κ1) is 14.0. The maximum atomic E-state index is 10.8. The number of halogens is 1. The summed E-state index contributed by atoms with van der Waals surface area (Å²) in [5.74, 6) is -2.99. The van der Waals surface area contributed by atoms with Gasteiger partial charge in [0.1, 0.15) is 11.5 Å². The summed E-state index contributed by atoms with van der Waals surface area (Å²) in [5.41, 5.74) is 0. The van der Waals surface area contributed by atoms with Crippen molar-refractivity contribution in [1.82, 2.24) is 0 Å². The van der Waals surface area contributed by atoms with Crippen molar-refractivity contribution >= 4 is 27.9 Å². The maximum Gasteiger partial charge on any atom is 0.372 e. The van der Waals surface area contributed by atoms with Crippen LogP contribution in [0.3, 0.4) is 0 Å². The lowest BCUT2D eigenvalue weighted by atomic mass is 10.3. The number of aliphatic carboxylic acids is 2. The van der Waals surface area contributed by atoms with Gasteiger partial charge in [-0.15, -0.1) is 0 Å². The van der Waals surface area contributed by atoms with Crippen LogP contribution in [0.1, 0.15) is 0 Å². The molecule has 2 N–H and O–H groups in total. The summed E-state index contributed by atoms with van der Waals surface area (Å²) in [7, 11) is 1.44. The third-order valence-corrected chi connectivity index (χ3v) is 2.48. The van der Waals surface area contributed by atoms with Crippen molar-refractivity contribution in [3.63, 3.8) is 0 Å². The first-order valence-corrected chi connectivity index (χ1v) is 5.42. The summed E-state index contributed by atoms with van der Waals surface area (Å²) in [6, 6.07) is 4.66. The Bertz CT molecular complexity index is 508. The van der Waals surface area contributed by atoms with Gasteiger partial charge >= 0.3 is 11.9 Å². The maximum absolute atomic E-state index is 10.8. The van der Waals surface area contributed by atoms with Crippen LogP contribution < -0.4 is 9.47 Å². The second-order valence-electron chi connectivity index (χ2n) is 3.05. The predicted molar refractivity (Wildman–Crippen MR) is 64.7 cm³/mol. The molecule has 0 saturated heterocycles. The summed E-state index contributed by atoms with van der Waals surface area (Å²) in [6.07, 6.45) is 0.467. The molecular formula is C11H9BrO6. The van der Waals surface area contributed by atoms with E-state index in [1.807, 2.05) is 0 Å². The molecule has 0 unspecified atom stereocenters. The zero-order chi connectivity index (χ0) is 13.7. The van der Waals surface area contributed by atoms with Gasteiger partial charge in [0.25, 0.3) is 0 Å². The molecule has 96 valence electrons. The van der Waals surface area contributed by atoms with Crippen molar-refractivity contribution in [2.75, 3.05) is 7.11 Å². The van der Waals surface area contributed by atoms with Crippen molar-refractivity contribution in [1.29, 1.82) is 0 Å². The Morgan fingerprint density at radius 2 is 2.00 bits per heavy atom. The van der Waals surface area contributed by atoms with Crippen LogP contribution in [0.5, 0.6) is 11.5 Å². The fourth-order valence-corrected chi connectivity index (χ4v) is 1.38. The van der Waals surface area contributed by atoms with E-state index in [2.05, 4.69) is 15.9 Å². The van der Waals surface area contributed by atoms with E-state index >= 15 is 0 Å². The largest absolute Gasteiger partial charge is 0.497 e. The number of ether oxygens (including phenoxy) is 2. The molecule has 0 aliphatic heterocycles. The zero-order valence-corrected chi connectivity index (χ0v) is 10.8. The summed E-state index contributed by atoms with van der Waals surface area (Å²) in [5, 5.41) is 17.3. The summed E-state index contributed by atoms with van der Waals surface area (Å²) in [6.45, 7) is 0. The molecule has 6 nitrogen and oxygen atoms in total. The highest BCUT2D eigenvalue weighted by atomic mass is 79.9. The minimum absolute atomic E-state index is 0.143. The van der Waals surface area contributed by atoms with E-state index in [1.165, 1.54) is 13.2 Å². The molecule has 1 aromatic carbocycles. The lowest BCUT2D eigenvalue weighted by Gasteiger charge is -2.09. The minimum Gasteiger partial charge on any atom is -0.497 e. The second-order valence-corrected chi connectivity index (χ2v) is 3.90. The molecule has 1 rings (SSSR count). The number of hydrogen-bond acceptors (Lipinski definition) is 4. The van der Waals surface area contributed by atoms with Gasteiger partial charge in [-0.2, -0.15) is 0 Å². The van der Waals surface area contributed by atoms with E-state index in [-0.39, 0.29) is 5.75 Å². The molecule has 0 fully saturated rings. The molecule has 18 heavy (non-hydrogen) atoms. The van der Waals surface area contributed by atoms with Crippen LogP contribution in [0.2, 0.25) is 0 Å². The van der Waals surface area contributed by atoms with Crippen LogP contribution in [0, 0.1) is 0 Å². The highest BCUT2D eigenvalue weighted by Crippen LogP contribution is 2.30. The lowest BCUT2D eigenvalue weighted by molar-refractivity contribution is -0.137. The van der Waals surface area contributed by atoms with E-state index in [0.717, 1.165) is 0 Å². The highest BCUT2D eigenvalue weighted by Gasteiger charge is 2.14. The van der Waals surface area contributed by atoms with Gasteiger partial charge in [-0.1, -0.05) is 0 Å². The van der Waals surface area contributed by atoms with Gasteiger partial charge in [-0.05, 0) is 28.1 Å². The number of carboxylic acids is 2. The van der Waals surface area contributed by atoms with Crippen LogP contribution in [-0.4, -0.2) is 29.3 Å². The van der Waals surface area contributed by atoms with Crippen LogP contribution in [0.25, 0.3) is 0 Å². The highest BCUT2D eigenvalue weighted by molar-refractivity contribution is 9.10. The molecule has 0 aliphatic carbocycles. The third-order valence-electron chi connectivity index (χ3n) is 1.82. The fraction of sp³-hybridized carbons (Fsp3) is 0.0909. The molecule has 1 aromatic rings. The van der Waals surface area contributed by atoms with Crippen LogP contribution >= 0.6 is 15.9 Å². The number of carboxylic acid groups (broad SMARTS) is 2. The Labute approximate surface area is 111 Å². The first-order valence-electron chi connectivity index (χ1n) is 4.63. The van der Waals surface area contributed by atoms with Gasteiger partial charge in [0.2, 0.25) is 5.76 Å². The molecule has 7 heteroatoms. The Morgan fingerprint density at radius 1 is 1.33 bits per heavy atom. The van der Waals surface area contributed by atoms with Crippen molar-refractivity contribution in [3.05, 3.63) is 34.5 Å². The molecule has 0 aromatic heterocycles. The number of hydrogen-bond donors (Lipinski definition) is 2. The molecule has 0 bridgehead atoms. The Morgan fingerprint density at radius 3 is 2.50 bits per heavy atom. The third kappa shape index (κ3) is 3.77. The van der Waals surface area contributed by atoms with Gasteiger partial charge in [0.05, 0.1) is 17.7 Å². The Balaban J connectivity index is 3.08. The molecule has 0 spiro atoms. The molecule has 0 aliphatic rings. The van der Waals surface area contributed by atoms with E-state index in [4.69, 9.17) is 19.7 Å². The van der Waals surface area contributed by atoms with Gasteiger partial charge in [-0.25, -0.2) is 9.59 Å². The Hall–Kier alpha value is -2.02. The van der Waals surface area contributed by atoms with Crippen molar-refractivity contribution in [2.45, 2.75) is 0 Å². The quantitative estimate of drug-likeness (QED) is 0.636. The van der Waals surface area contributed by atoms with Crippen LogP contribution in [0.15, 0.2) is 34.5 Å². The van der Waals surface area contributed by atoms with Crippen LogP contribution in [0.4, 0.5) is 0 Å². The van der Waals surface area contributed by atoms with Gasteiger partial charge < -0.3 is 19.7 Å². The Kier molecular flexibility index (Phi) is 4.73. The second kappa shape index (κ2) is 6.06. The summed E-state index contributed by atoms with van der Waals surface area (Å²) in [4.78, 5) is 21.3. The molecular weight excluding hydrogens is 308 g/mol. The fourth-order valence-electron chi connectivity index (χ4n) is 1.05. The average molecular weight is 317 g/mol. The van der Waals surface area contributed by atoms with E-state index < -0.39 is 17.7 Å². The smallest absolute Gasteiger partial charge is 0.372 e. The standard InChI is InChI=1S/C11H9BrO6/c1-17-6-2-3-7(12)8(4-6)18-9(11(15)16)5-10(13)14/h2-5H,1H3,(H,13,14)(H,15,16)/b9-5+. The number of benzene rings is 1. The number of rotatable bonds is 5. The van der Waals surface area contributed by atoms with E-state index in [1.54, 1.807) is 12.1 Å². The van der Waals surface area contributed by atoms with Gasteiger partial charge in [-0.3, -0.25) is 0 Å². The van der Waals surface area contributed by atoms with Gasteiger partial charge in [0.15, 0.2) is 0 Å². The normalized spacial score (nSPS) is 10.9.